The second-order valence-electron chi connectivity index (χ2n) is 11.9. The zero-order chi connectivity index (χ0) is 29.4. The average molecular weight is 569 g/mol. The Kier molecular flexibility index (Phi) is 7.26. The van der Waals surface area contributed by atoms with Crippen LogP contribution in [0.3, 0.4) is 0 Å². The predicted octanol–water partition coefficient (Wildman–Crippen LogP) is 4.89. The van der Waals surface area contributed by atoms with Crippen LogP contribution in [0.15, 0.2) is 82.6 Å². The van der Waals surface area contributed by atoms with Gasteiger partial charge >= 0.3 is 0 Å². The summed E-state index contributed by atoms with van der Waals surface area (Å²) >= 11 is 0. The summed E-state index contributed by atoms with van der Waals surface area (Å²) in [6.07, 6.45) is 2.63. The number of allylic oxidation sites excluding steroid dienone is 1. The minimum atomic E-state index is -0.486. The molecule has 2 aromatic carbocycles. The lowest BCUT2D eigenvalue weighted by Crippen LogP contribution is -2.53. The number of benzene rings is 2. The largest absolute Gasteiger partial charge is 0.497 e. The third kappa shape index (κ3) is 5.26. The number of nitrogens with one attached hydrogen (secondary N) is 1. The topological polar surface area (TPSA) is 95.3 Å². The van der Waals surface area contributed by atoms with Crippen LogP contribution in [0.2, 0.25) is 0 Å². The van der Waals surface area contributed by atoms with Crippen LogP contribution in [0.4, 0.5) is 11.4 Å². The molecule has 1 atom stereocenters. The van der Waals surface area contributed by atoms with Gasteiger partial charge in [0.05, 0.1) is 37.3 Å². The van der Waals surface area contributed by atoms with Crippen molar-refractivity contribution in [3.63, 3.8) is 0 Å². The quantitative estimate of drug-likeness (QED) is 0.468. The normalized spacial score (nSPS) is 19.9. The van der Waals surface area contributed by atoms with Gasteiger partial charge < -0.3 is 29.2 Å². The predicted molar refractivity (Wildman–Crippen MR) is 159 cm³/mol. The number of carbonyl (C=O) groups is 3. The molecule has 2 amide bonds. The van der Waals surface area contributed by atoms with Crippen LogP contribution in [0.1, 0.15) is 48.8 Å². The summed E-state index contributed by atoms with van der Waals surface area (Å²) in [5.41, 5.74) is 4.01. The second-order valence-corrected chi connectivity index (χ2v) is 11.9. The van der Waals surface area contributed by atoms with E-state index in [0.29, 0.717) is 49.7 Å². The van der Waals surface area contributed by atoms with Crippen molar-refractivity contribution in [2.75, 3.05) is 50.1 Å². The number of piperazine rings is 1. The third-order valence-corrected chi connectivity index (χ3v) is 8.37. The van der Waals surface area contributed by atoms with Gasteiger partial charge in [-0.05, 0) is 53.8 Å². The lowest BCUT2D eigenvalue weighted by atomic mass is 9.73. The first-order valence-electron chi connectivity index (χ1n) is 14.4. The van der Waals surface area contributed by atoms with Crippen molar-refractivity contribution in [2.24, 2.45) is 5.41 Å². The van der Waals surface area contributed by atoms with Gasteiger partial charge in [0, 0.05) is 43.9 Å². The Labute approximate surface area is 245 Å². The molecular weight excluding hydrogens is 532 g/mol. The number of para-hydroxylation sites is 2. The van der Waals surface area contributed by atoms with E-state index in [9.17, 15) is 14.4 Å². The standard InChI is InChI=1S/C33H36N4O5/c1-33(2)19-25-30(27(38)20-33)31(22-8-6-9-23(18-22)41-3)37(26-11-5-4-10-24(26)34-25)21-29(39)35-13-15-36(16-14-35)32(40)28-12-7-17-42-28/h4-12,17-18,31,34H,13-16,19-21H2,1-3H3. The lowest BCUT2D eigenvalue weighted by molar-refractivity contribution is -0.131. The molecule has 1 aliphatic carbocycles. The van der Waals surface area contributed by atoms with Gasteiger partial charge in [-0.1, -0.05) is 38.1 Å². The van der Waals surface area contributed by atoms with E-state index in [1.54, 1.807) is 29.0 Å². The molecule has 0 bridgehead atoms. The first-order valence-corrected chi connectivity index (χ1v) is 14.4. The Hall–Kier alpha value is -4.53. The number of methoxy groups -OCH3 is 1. The van der Waals surface area contributed by atoms with Crippen LogP contribution in [-0.2, 0) is 9.59 Å². The number of furan rings is 1. The summed E-state index contributed by atoms with van der Waals surface area (Å²) in [7, 11) is 1.62. The van der Waals surface area contributed by atoms with Gasteiger partial charge in [-0.25, -0.2) is 0 Å². The molecular formula is C33H36N4O5. The molecule has 0 radical (unpaired) electrons. The number of amides is 2. The van der Waals surface area contributed by atoms with Gasteiger partial charge in [-0.3, -0.25) is 14.4 Å². The number of hydrogen-bond acceptors (Lipinski definition) is 7. The minimum Gasteiger partial charge on any atom is -0.497 e. The van der Waals surface area contributed by atoms with Crippen LogP contribution >= 0.6 is 0 Å². The number of nitrogens with zero attached hydrogens (tertiary/aromatic N) is 3. The second kappa shape index (κ2) is 11.0. The molecule has 1 N–H and O–H groups in total. The molecule has 1 aromatic heterocycles. The number of ketones is 1. The minimum absolute atomic E-state index is 0.0598. The number of rotatable bonds is 5. The Bertz CT molecular complexity index is 1540. The summed E-state index contributed by atoms with van der Waals surface area (Å²) in [4.78, 5) is 46.2. The Balaban J connectivity index is 1.35. The molecule has 218 valence electrons. The van der Waals surface area contributed by atoms with E-state index in [2.05, 4.69) is 24.1 Å². The molecule has 9 nitrogen and oxygen atoms in total. The van der Waals surface area contributed by atoms with Gasteiger partial charge in [0.15, 0.2) is 11.5 Å². The van der Waals surface area contributed by atoms with Gasteiger partial charge in [-0.15, -0.1) is 0 Å². The molecule has 0 saturated carbocycles. The van der Waals surface area contributed by atoms with Crippen molar-refractivity contribution in [3.8, 4) is 5.75 Å². The summed E-state index contributed by atoms with van der Waals surface area (Å²) in [6, 6.07) is 18.5. The molecule has 1 unspecified atom stereocenters. The molecule has 42 heavy (non-hydrogen) atoms. The summed E-state index contributed by atoms with van der Waals surface area (Å²) in [5.74, 6) is 0.838. The number of anilines is 2. The van der Waals surface area contributed by atoms with Crippen molar-refractivity contribution in [3.05, 3.63) is 89.5 Å². The number of fused-ring (bicyclic) bond motifs is 1. The molecule has 3 aromatic rings. The molecule has 3 aliphatic rings. The maximum Gasteiger partial charge on any atom is 0.289 e. The highest BCUT2D eigenvalue weighted by Gasteiger charge is 2.42. The van der Waals surface area contributed by atoms with E-state index in [4.69, 9.17) is 9.15 Å². The van der Waals surface area contributed by atoms with Crippen molar-refractivity contribution in [1.29, 1.82) is 0 Å². The number of hydrogen-bond donors (Lipinski definition) is 1. The van der Waals surface area contributed by atoms with Crippen LogP contribution in [0.25, 0.3) is 0 Å². The van der Waals surface area contributed by atoms with Crippen molar-refractivity contribution >= 4 is 29.0 Å². The summed E-state index contributed by atoms with van der Waals surface area (Å²) < 4.78 is 10.8. The molecule has 3 heterocycles. The fourth-order valence-electron chi connectivity index (χ4n) is 6.35. The van der Waals surface area contributed by atoms with Crippen molar-refractivity contribution < 1.29 is 23.5 Å². The van der Waals surface area contributed by atoms with E-state index in [-0.39, 0.29) is 29.6 Å². The third-order valence-electron chi connectivity index (χ3n) is 8.37. The van der Waals surface area contributed by atoms with Crippen molar-refractivity contribution in [1.82, 2.24) is 9.80 Å². The smallest absolute Gasteiger partial charge is 0.289 e. The molecule has 9 heteroatoms. The van der Waals surface area contributed by atoms with Gasteiger partial charge in [0.1, 0.15) is 5.75 Å². The summed E-state index contributed by atoms with van der Waals surface area (Å²) in [6.45, 7) is 5.99. The molecule has 6 rings (SSSR count). The Morgan fingerprint density at radius 1 is 0.976 bits per heavy atom. The molecule has 1 saturated heterocycles. The van der Waals surface area contributed by atoms with Crippen LogP contribution in [0, 0.1) is 5.41 Å². The monoisotopic (exact) mass is 568 g/mol. The van der Waals surface area contributed by atoms with Gasteiger partial charge in [-0.2, -0.15) is 0 Å². The lowest BCUT2D eigenvalue weighted by Gasteiger charge is -2.39. The van der Waals surface area contributed by atoms with Crippen LogP contribution < -0.4 is 15.0 Å². The number of ether oxygens (including phenoxy) is 1. The zero-order valence-corrected chi connectivity index (χ0v) is 24.3. The van der Waals surface area contributed by atoms with E-state index in [0.717, 1.165) is 29.1 Å². The fourth-order valence-corrected chi connectivity index (χ4v) is 6.35. The highest BCUT2D eigenvalue weighted by Crippen LogP contribution is 2.48. The zero-order valence-electron chi connectivity index (χ0n) is 24.3. The van der Waals surface area contributed by atoms with E-state index < -0.39 is 6.04 Å². The first-order chi connectivity index (χ1) is 20.2. The Morgan fingerprint density at radius 2 is 1.74 bits per heavy atom. The average Bonchev–Trinajstić information content (AvgIpc) is 3.48. The highest BCUT2D eigenvalue weighted by molar-refractivity contribution is 6.02. The van der Waals surface area contributed by atoms with Gasteiger partial charge in [0.25, 0.3) is 5.91 Å². The van der Waals surface area contributed by atoms with Crippen LogP contribution in [0.5, 0.6) is 5.75 Å². The van der Waals surface area contributed by atoms with Gasteiger partial charge in [0.2, 0.25) is 5.91 Å². The SMILES string of the molecule is COc1cccc(C2C3=C(CC(C)(C)CC3=O)Nc3ccccc3N2CC(=O)N2CCN(C(=O)c3ccco3)CC2)c1. The molecule has 0 spiro atoms. The molecule has 1 fully saturated rings. The van der Waals surface area contributed by atoms with E-state index >= 15 is 0 Å². The van der Waals surface area contributed by atoms with E-state index in [1.807, 2.05) is 48.5 Å². The maximum absolute atomic E-state index is 14.0. The maximum atomic E-state index is 14.0. The Morgan fingerprint density at radius 3 is 2.48 bits per heavy atom. The number of carbonyl (C=O) groups excluding carboxylic acids is 3. The van der Waals surface area contributed by atoms with Crippen molar-refractivity contribution in [2.45, 2.75) is 32.7 Å². The van der Waals surface area contributed by atoms with Crippen LogP contribution in [-0.4, -0.2) is 67.2 Å². The first kappa shape index (κ1) is 27.6. The molecule has 2 aliphatic heterocycles. The fraction of sp³-hybridized carbons (Fsp3) is 0.364. The van der Waals surface area contributed by atoms with E-state index in [1.165, 1.54) is 6.26 Å². The number of Topliss-reactive ketones (excluding diaryl/α,β-unsaturated/α-hetero) is 1. The highest BCUT2D eigenvalue weighted by atomic mass is 16.5. The summed E-state index contributed by atoms with van der Waals surface area (Å²) in [5, 5.41) is 3.60.